The highest BCUT2D eigenvalue weighted by atomic mass is 32.2. The topological polar surface area (TPSA) is 117 Å². The van der Waals surface area contributed by atoms with Crippen molar-refractivity contribution in [3.05, 3.63) is 71.3 Å². The van der Waals surface area contributed by atoms with Crippen molar-refractivity contribution in [2.75, 3.05) is 18.9 Å². The van der Waals surface area contributed by atoms with Crippen LogP contribution in [0.25, 0.3) is 5.82 Å². The lowest BCUT2D eigenvalue weighted by Gasteiger charge is -2.12. The number of nitrogens with one attached hydrogen (secondary N) is 1. The molecule has 0 radical (unpaired) electrons. The number of hydrogen-bond acceptors (Lipinski definition) is 8. The summed E-state index contributed by atoms with van der Waals surface area (Å²) < 4.78 is 46.3. The van der Waals surface area contributed by atoms with Gasteiger partial charge in [0.2, 0.25) is 5.88 Å². The molecule has 0 aliphatic rings. The summed E-state index contributed by atoms with van der Waals surface area (Å²) >= 11 is 0. The third-order valence-corrected chi connectivity index (χ3v) is 7.04. The number of methoxy groups -OCH3 is 2. The SMILES string of the molecule is COc1ccc(S(=O)(=O)Nc2ccc(Oc3cc(-n4nc(C)c(C)c4C)nc(C)n3)cc2)cc1OC. The van der Waals surface area contributed by atoms with Crippen molar-refractivity contribution in [3.8, 4) is 28.9 Å². The Morgan fingerprint density at radius 1 is 0.861 bits per heavy atom. The molecule has 0 aliphatic carbocycles. The van der Waals surface area contributed by atoms with Crippen molar-refractivity contribution in [3.63, 3.8) is 0 Å². The molecule has 0 spiro atoms. The van der Waals surface area contributed by atoms with Crippen LogP contribution in [0, 0.1) is 27.7 Å². The van der Waals surface area contributed by atoms with Gasteiger partial charge in [0.25, 0.3) is 10.0 Å². The van der Waals surface area contributed by atoms with Crippen molar-refractivity contribution in [2.24, 2.45) is 0 Å². The second-order valence-corrected chi connectivity index (χ2v) is 9.75. The molecule has 0 atom stereocenters. The Labute approximate surface area is 209 Å². The lowest BCUT2D eigenvalue weighted by Crippen LogP contribution is -2.13. The Hall–Kier alpha value is -4.12. The molecule has 0 unspecified atom stereocenters. The highest BCUT2D eigenvalue weighted by Gasteiger charge is 2.18. The zero-order valence-electron chi connectivity index (χ0n) is 20.9. The van der Waals surface area contributed by atoms with Crippen molar-refractivity contribution < 1.29 is 22.6 Å². The summed E-state index contributed by atoms with van der Waals surface area (Å²) in [6, 6.07) is 12.6. The second-order valence-electron chi connectivity index (χ2n) is 8.07. The Bertz CT molecular complexity index is 1510. The average molecular weight is 510 g/mol. The minimum absolute atomic E-state index is 0.0452. The molecule has 188 valence electrons. The van der Waals surface area contributed by atoms with Crippen LogP contribution in [0.4, 0.5) is 5.69 Å². The lowest BCUT2D eigenvalue weighted by molar-refractivity contribution is 0.354. The average Bonchev–Trinajstić information content (AvgIpc) is 3.11. The van der Waals surface area contributed by atoms with Crippen LogP contribution in [-0.4, -0.2) is 42.4 Å². The summed E-state index contributed by atoms with van der Waals surface area (Å²) in [5.74, 6) is 2.73. The Morgan fingerprint density at radius 2 is 1.56 bits per heavy atom. The van der Waals surface area contributed by atoms with Gasteiger partial charge in [0.05, 0.1) is 24.8 Å². The molecule has 0 amide bonds. The van der Waals surface area contributed by atoms with E-state index in [1.54, 1.807) is 41.9 Å². The van der Waals surface area contributed by atoms with Gasteiger partial charge in [0.15, 0.2) is 17.3 Å². The Morgan fingerprint density at radius 3 is 2.17 bits per heavy atom. The van der Waals surface area contributed by atoms with E-state index in [2.05, 4.69) is 19.8 Å². The zero-order chi connectivity index (χ0) is 26.0. The van der Waals surface area contributed by atoms with E-state index in [1.807, 2.05) is 20.8 Å². The molecule has 0 saturated carbocycles. The van der Waals surface area contributed by atoms with Crippen LogP contribution < -0.4 is 18.9 Å². The summed E-state index contributed by atoms with van der Waals surface area (Å²) in [6.07, 6.45) is 0. The number of anilines is 1. The standard InChI is InChI=1S/C25H27N5O5S/c1-15-16(2)28-30(17(15)3)24-14-25(27-18(4)26-24)35-20-9-7-19(8-10-20)29-36(31,32)21-11-12-22(33-5)23(13-21)34-6/h7-14,29H,1-6H3. The molecule has 10 nitrogen and oxygen atoms in total. The first-order valence-corrected chi connectivity index (χ1v) is 12.5. The number of aromatic nitrogens is 4. The third-order valence-electron chi connectivity index (χ3n) is 5.67. The largest absolute Gasteiger partial charge is 0.493 e. The first-order chi connectivity index (χ1) is 17.1. The molecule has 2 aromatic carbocycles. The molecular formula is C25H27N5O5S. The van der Waals surface area contributed by atoms with Crippen LogP contribution >= 0.6 is 0 Å². The lowest BCUT2D eigenvalue weighted by atomic mass is 10.2. The maximum absolute atomic E-state index is 12.8. The first-order valence-electron chi connectivity index (χ1n) is 11.0. The summed E-state index contributed by atoms with van der Waals surface area (Å²) in [5, 5.41) is 4.55. The van der Waals surface area contributed by atoms with Gasteiger partial charge in [-0.2, -0.15) is 10.1 Å². The Balaban J connectivity index is 1.52. The summed E-state index contributed by atoms with van der Waals surface area (Å²) in [6.45, 7) is 7.72. The molecule has 4 aromatic rings. The number of sulfonamides is 1. The summed E-state index contributed by atoms with van der Waals surface area (Å²) in [7, 11) is -0.918. The maximum Gasteiger partial charge on any atom is 0.262 e. The minimum Gasteiger partial charge on any atom is -0.493 e. The fourth-order valence-electron chi connectivity index (χ4n) is 3.54. The first kappa shape index (κ1) is 25.0. The molecule has 2 aromatic heterocycles. The quantitative estimate of drug-likeness (QED) is 0.369. The van der Waals surface area contributed by atoms with Gasteiger partial charge >= 0.3 is 0 Å². The van der Waals surface area contributed by atoms with E-state index in [-0.39, 0.29) is 4.90 Å². The molecule has 2 heterocycles. The van der Waals surface area contributed by atoms with E-state index in [4.69, 9.17) is 14.2 Å². The summed E-state index contributed by atoms with van der Waals surface area (Å²) in [5.41, 5.74) is 3.38. The van der Waals surface area contributed by atoms with Gasteiger partial charge in [-0.3, -0.25) is 4.72 Å². The van der Waals surface area contributed by atoms with Crippen molar-refractivity contribution in [1.82, 2.24) is 19.7 Å². The third kappa shape index (κ3) is 5.10. The smallest absolute Gasteiger partial charge is 0.262 e. The number of ether oxygens (including phenoxy) is 3. The molecule has 0 bridgehead atoms. The van der Waals surface area contributed by atoms with Gasteiger partial charge in [0.1, 0.15) is 11.6 Å². The van der Waals surface area contributed by atoms with E-state index in [0.717, 1.165) is 17.0 Å². The van der Waals surface area contributed by atoms with Crippen LogP contribution in [0.15, 0.2) is 53.4 Å². The van der Waals surface area contributed by atoms with Gasteiger partial charge in [-0.25, -0.2) is 18.1 Å². The van der Waals surface area contributed by atoms with Crippen molar-refractivity contribution in [1.29, 1.82) is 0 Å². The second kappa shape index (κ2) is 9.86. The van der Waals surface area contributed by atoms with Gasteiger partial charge in [0, 0.05) is 23.5 Å². The van der Waals surface area contributed by atoms with Crippen LogP contribution in [-0.2, 0) is 10.0 Å². The van der Waals surface area contributed by atoms with Crippen LogP contribution in [0.3, 0.4) is 0 Å². The maximum atomic E-state index is 12.8. The molecular weight excluding hydrogens is 482 g/mol. The zero-order valence-corrected chi connectivity index (χ0v) is 21.7. The molecule has 0 aliphatic heterocycles. The van der Waals surface area contributed by atoms with Crippen molar-refractivity contribution in [2.45, 2.75) is 32.6 Å². The van der Waals surface area contributed by atoms with Gasteiger partial charge < -0.3 is 14.2 Å². The van der Waals surface area contributed by atoms with E-state index < -0.39 is 10.0 Å². The number of aryl methyl sites for hydroxylation is 2. The van der Waals surface area contributed by atoms with Gasteiger partial charge in [-0.05, 0) is 69.7 Å². The summed E-state index contributed by atoms with van der Waals surface area (Å²) in [4.78, 5) is 8.89. The van der Waals surface area contributed by atoms with E-state index in [9.17, 15) is 8.42 Å². The predicted molar refractivity (Wildman–Crippen MR) is 135 cm³/mol. The highest BCUT2D eigenvalue weighted by Crippen LogP contribution is 2.31. The molecule has 0 saturated heterocycles. The van der Waals surface area contributed by atoms with E-state index in [1.165, 1.54) is 32.4 Å². The molecule has 11 heteroatoms. The minimum atomic E-state index is -3.85. The normalized spacial score (nSPS) is 11.3. The number of hydrogen-bond donors (Lipinski definition) is 1. The van der Waals surface area contributed by atoms with Gasteiger partial charge in [-0.15, -0.1) is 0 Å². The van der Waals surface area contributed by atoms with Crippen molar-refractivity contribution >= 4 is 15.7 Å². The predicted octanol–water partition coefficient (Wildman–Crippen LogP) is 4.51. The molecule has 4 rings (SSSR count). The molecule has 0 fully saturated rings. The highest BCUT2D eigenvalue weighted by molar-refractivity contribution is 7.92. The Kier molecular flexibility index (Phi) is 6.84. The fraction of sp³-hybridized carbons (Fsp3) is 0.240. The number of nitrogens with zero attached hydrogens (tertiary/aromatic N) is 4. The number of benzene rings is 2. The van der Waals surface area contributed by atoms with Crippen LogP contribution in [0.1, 0.15) is 22.8 Å². The fourth-order valence-corrected chi connectivity index (χ4v) is 4.61. The van der Waals surface area contributed by atoms with Crippen LogP contribution in [0.5, 0.6) is 23.1 Å². The van der Waals surface area contributed by atoms with E-state index in [0.29, 0.717) is 40.5 Å². The van der Waals surface area contributed by atoms with Gasteiger partial charge in [-0.1, -0.05) is 0 Å². The molecule has 36 heavy (non-hydrogen) atoms. The van der Waals surface area contributed by atoms with Crippen LogP contribution in [0.2, 0.25) is 0 Å². The van der Waals surface area contributed by atoms with E-state index >= 15 is 0 Å². The number of rotatable bonds is 8. The monoisotopic (exact) mass is 509 g/mol. The molecule has 1 N–H and O–H groups in total.